The van der Waals surface area contributed by atoms with Crippen LogP contribution in [0.2, 0.25) is 0 Å². The topological polar surface area (TPSA) is 17.1 Å². The molecule has 0 aromatic carbocycles. The molecule has 1 heteroatoms. The first-order valence-corrected chi connectivity index (χ1v) is 4.71. The Hall–Kier alpha value is -0.850. The van der Waals surface area contributed by atoms with E-state index in [-0.39, 0.29) is 17.1 Å². The molecule has 0 heterocycles. The predicted octanol–water partition coefficient (Wildman–Crippen LogP) is 3.12. The fourth-order valence-electron chi connectivity index (χ4n) is 1.81. The fraction of sp³-hybridized carbons (Fsp3) is 0.583. The van der Waals surface area contributed by atoms with Crippen LogP contribution in [0.15, 0.2) is 23.3 Å². The summed E-state index contributed by atoms with van der Waals surface area (Å²) in [4.78, 5) is 11.8. The lowest BCUT2D eigenvalue weighted by Gasteiger charge is -2.38. The van der Waals surface area contributed by atoms with Gasteiger partial charge >= 0.3 is 0 Å². The Bertz CT molecular complexity index is 305. The minimum Gasteiger partial charge on any atom is -0.294 e. The van der Waals surface area contributed by atoms with Gasteiger partial charge in [-0.1, -0.05) is 27.4 Å². The van der Waals surface area contributed by atoms with Crippen LogP contribution in [0.25, 0.3) is 0 Å². The molecule has 0 amide bonds. The molecule has 0 fully saturated rings. The van der Waals surface area contributed by atoms with Gasteiger partial charge in [0.25, 0.3) is 0 Å². The molecule has 0 aromatic heterocycles. The van der Waals surface area contributed by atoms with Crippen molar-refractivity contribution >= 4 is 5.78 Å². The zero-order valence-corrected chi connectivity index (χ0v) is 9.19. The molecule has 1 unspecified atom stereocenters. The van der Waals surface area contributed by atoms with Crippen molar-refractivity contribution in [2.75, 3.05) is 0 Å². The molecule has 72 valence electrons. The van der Waals surface area contributed by atoms with Gasteiger partial charge in [0.05, 0.1) is 0 Å². The first-order valence-electron chi connectivity index (χ1n) is 4.71. The van der Waals surface area contributed by atoms with Gasteiger partial charge in [-0.15, -0.1) is 0 Å². The molecule has 0 N–H and O–H groups in total. The number of carbonyl (C=O) groups excluding carboxylic acids is 1. The molecule has 1 nitrogen and oxygen atoms in total. The Morgan fingerprint density at radius 1 is 1.23 bits per heavy atom. The second-order valence-electron chi connectivity index (χ2n) is 4.54. The Morgan fingerprint density at radius 3 is 2.15 bits per heavy atom. The number of rotatable bonds is 0. The van der Waals surface area contributed by atoms with Gasteiger partial charge in [-0.3, -0.25) is 4.79 Å². The van der Waals surface area contributed by atoms with Crippen molar-refractivity contribution in [3.8, 4) is 0 Å². The van der Waals surface area contributed by atoms with Crippen molar-refractivity contribution in [1.82, 2.24) is 0 Å². The second-order valence-corrected chi connectivity index (χ2v) is 4.54. The minimum atomic E-state index is -0.0827. The van der Waals surface area contributed by atoms with E-state index in [0.29, 0.717) is 0 Å². The summed E-state index contributed by atoms with van der Waals surface area (Å²) in [6, 6.07) is 0. The van der Waals surface area contributed by atoms with Crippen LogP contribution >= 0.6 is 0 Å². The fourth-order valence-corrected chi connectivity index (χ4v) is 1.81. The summed E-state index contributed by atoms with van der Waals surface area (Å²) in [7, 11) is 0. The Labute approximate surface area is 80.5 Å². The SMILES string of the molecule is C=C1C(C)=C(C)C(=O)C(C)C1(C)C. The van der Waals surface area contributed by atoms with Gasteiger partial charge < -0.3 is 0 Å². The van der Waals surface area contributed by atoms with Crippen LogP contribution in [0.3, 0.4) is 0 Å². The van der Waals surface area contributed by atoms with Crippen LogP contribution in [-0.2, 0) is 4.79 Å². The van der Waals surface area contributed by atoms with Crippen LogP contribution in [0, 0.1) is 11.3 Å². The van der Waals surface area contributed by atoms with Crippen molar-refractivity contribution in [2.24, 2.45) is 11.3 Å². The Balaban J connectivity index is 3.31. The zero-order valence-electron chi connectivity index (χ0n) is 9.19. The van der Waals surface area contributed by atoms with Crippen LogP contribution in [-0.4, -0.2) is 5.78 Å². The molecule has 1 aliphatic carbocycles. The monoisotopic (exact) mass is 178 g/mol. The number of hydrogen-bond acceptors (Lipinski definition) is 1. The molecule has 1 rings (SSSR count). The number of Topliss-reactive ketones (excluding diaryl/α,β-unsaturated/α-hetero) is 1. The summed E-state index contributed by atoms with van der Waals surface area (Å²) in [6.07, 6.45) is 0. The lowest BCUT2D eigenvalue weighted by Crippen LogP contribution is -2.35. The lowest BCUT2D eigenvalue weighted by atomic mass is 9.65. The summed E-state index contributed by atoms with van der Waals surface area (Å²) >= 11 is 0. The quantitative estimate of drug-likeness (QED) is 0.557. The molecule has 13 heavy (non-hydrogen) atoms. The second kappa shape index (κ2) is 2.83. The standard InChI is InChI=1S/C12H18O/c1-7-8(2)11(13)10(4)12(5,6)9(7)3/h10H,3H2,1-2,4-6H3. The molecule has 0 aromatic rings. The van der Waals surface area contributed by atoms with Gasteiger partial charge in [-0.2, -0.15) is 0 Å². The smallest absolute Gasteiger partial charge is 0.162 e. The molecule has 1 atom stereocenters. The number of hydrogen-bond donors (Lipinski definition) is 0. The van der Waals surface area contributed by atoms with E-state index >= 15 is 0 Å². The van der Waals surface area contributed by atoms with E-state index in [1.165, 1.54) is 0 Å². The van der Waals surface area contributed by atoms with Crippen molar-refractivity contribution in [3.05, 3.63) is 23.3 Å². The largest absolute Gasteiger partial charge is 0.294 e. The van der Waals surface area contributed by atoms with Crippen molar-refractivity contribution in [2.45, 2.75) is 34.6 Å². The third-order valence-electron chi connectivity index (χ3n) is 3.64. The summed E-state index contributed by atoms with van der Waals surface area (Å²) in [5.74, 6) is 0.332. The molecule has 0 saturated carbocycles. The van der Waals surface area contributed by atoms with E-state index in [9.17, 15) is 4.79 Å². The molecule has 0 spiro atoms. The first kappa shape index (κ1) is 10.2. The molecule has 1 aliphatic rings. The average Bonchev–Trinajstić information content (AvgIpc) is 2.09. The van der Waals surface area contributed by atoms with Crippen LogP contribution in [0.5, 0.6) is 0 Å². The van der Waals surface area contributed by atoms with E-state index in [1.54, 1.807) is 0 Å². The summed E-state index contributed by atoms with van der Waals surface area (Å²) < 4.78 is 0. The Morgan fingerprint density at radius 2 is 1.69 bits per heavy atom. The molecule has 0 aliphatic heterocycles. The normalized spacial score (nSPS) is 28.2. The average molecular weight is 178 g/mol. The maximum atomic E-state index is 11.8. The molecule has 0 saturated heterocycles. The highest BCUT2D eigenvalue weighted by Gasteiger charge is 2.39. The summed E-state index contributed by atoms with van der Waals surface area (Å²) in [6.45, 7) is 14.1. The van der Waals surface area contributed by atoms with Gasteiger partial charge in [-0.25, -0.2) is 0 Å². The molecular formula is C12H18O. The predicted molar refractivity (Wildman–Crippen MR) is 55.5 cm³/mol. The van der Waals surface area contributed by atoms with E-state index in [4.69, 9.17) is 0 Å². The summed E-state index contributed by atoms with van der Waals surface area (Å²) in [5.41, 5.74) is 2.99. The van der Waals surface area contributed by atoms with E-state index in [2.05, 4.69) is 20.4 Å². The van der Waals surface area contributed by atoms with Crippen molar-refractivity contribution < 1.29 is 4.79 Å². The number of allylic oxidation sites excluding steroid dienone is 3. The van der Waals surface area contributed by atoms with E-state index in [0.717, 1.165) is 16.7 Å². The van der Waals surface area contributed by atoms with Gasteiger partial charge in [-0.05, 0) is 36.0 Å². The highest BCUT2D eigenvalue weighted by Crippen LogP contribution is 2.44. The molecule has 0 radical (unpaired) electrons. The molecule has 0 bridgehead atoms. The minimum absolute atomic E-state index is 0.0590. The lowest BCUT2D eigenvalue weighted by molar-refractivity contribution is -0.121. The van der Waals surface area contributed by atoms with Gasteiger partial charge in [0.15, 0.2) is 5.78 Å². The van der Waals surface area contributed by atoms with Gasteiger partial charge in [0, 0.05) is 5.92 Å². The Kier molecular flexibility index (Phi) is 2.23. The van der Waals surface area contributed by atoms with Crippen molar-refractivity contribution in [1.29, 1.82) is 0 Å². The molecular weight excluding hydrogens is 160 g/mol. The van der Waals surface area contributed by atoms with Crippen LogP contribution < -0.4 is 0 Å². The van der Waals surface area contributed by atoms with Crippen LogP contribution in [0.4, 0.5) is 0 Å². The summed E-state index contributed by atoms with van der Waals surface area (Å²) in [5, 5.41) is 0. The first-order chi connectivity index (χ1) is 5.80. The van der Waals surface area contributed by atoms with Gasteiger partial charge in [0.1, 0.15) is 0 Å². The third-order valence-corrected chi connectivity index (χ3v) is 3.64. The number of carbonyl (C=O) groups is 1. The van der Waals surface area contributed by atoms with E-state index in [1.807, 2.05) is 20.8 Å². The third kappa shape index (κ3) is 1.27. The maximum absolute atomic E-state index is 11.8. The van der Waals surface area contributed by atoms with Crippen molar-refractivity contribution in [3.63, 3.8) is 0 Å². The van der Waals surface area contributed by atoms with Crippen LogP contribution in [0.1, 0.15) is 34.6 Å². The maximum Gasteiger partial charge on any atom is 0.162 e. The highest BCUT2D eigenvalue weighted by molar-refractivity contribution is 6.00. The van der Waals surface area contributed by atoms with Gasteiger partial charge in [0.2, 0.25) is 0 Å². The highest BCUT2D eigenvalue weighted by atomic mass is 16.1. The zero-order chi connectivity index (χ0) is 10.4. The number of ketones is 1. The van der Waals surface area contributed by atoms with E-state index < -0.39 is 0 Å².